The number of hydrogen-bond acceptors (Lipinski definition) is 5. The van der Waals surface area contributed by atoms with Crippen molar-refractivity contribution < 1.29 is 14.6 Å². The van der Waals surface area contributed by atoms with Crippen LogP contribution in [0.5, 0.6) is 0 Å². The van der Waals surface area contributed by atoms with Gasteiger partial charge in [0.15, 0.2) is 5.15 Å². The van der Waals surface area contributed by atoms with Crippen LogP contribution in [0.4, 0.5) is 0 Å². The molecule has 1 N–H and O–H groups in total. The lowest BCUT2D eigenvalue weighted by atomic mass is 10.1. The number of carbonyl (C=O) groups is 1. The first-order chi connectivity index (χ1) is 13.1. The summed E-state index contributed by atoms with van der Waals surface area (Å²) in [5.74, 6) is 0.606. The Balaban J connectivity index is 1.91. The van der Waals surface area contributed by atoms with Crippen molar-refractivity contribution >= 4 is 39.0 Å². The van der Waals surface area contributed by atoms with Crippen LogP contribution in [-0.4, -0.2) is 27.2 Å². The van der Waals surface area contributed by atoms with Crippen molar-refractivity contribution in [1.29, 1.82) is 0 Å². The molecule has 0 aliphatic carbocycles. The molecule has 0 aliphatic heterocycles. The first kappa shape index (κ1) is 19.9. The average Bonchev–Trinajstić information content (AvgIpc) is 3.20. The molecule has 0 bridgehead atoms. The Morgan fingerprint density at radius 2 is 2.15 bits per heavy atom. The third-order valence-corrected chi connectivity index (χ3v) is 5.80. The fraction of sp³-hybridized carbons (Fsp3) is 0.400. The molecular formula is C20H23ClN2O3S. The molecule has 7 heteroatoms. The Kier molecular flexibility index (Phi) is 6.52. The standard InChI is InChI=1S/C20H23ClN2O3S/c1-3-5-6-18-22-19(21)15(12-24)23(18)11-13-7-8-16-14(9-13)10-17(27-16)20(25)26-4-2/h7-10,24H,3-6,11-12H2,1-2H3. The maximum absolute atomic E-state index is 12.0. The van der Waals surface area contributed by atoms with Crippen LogP contribution in [0.25, 0.3) is 10.1 Å². The van der Waals surface area contributed by atoms with Crippen LogP contribution in [0, 0.1) is 0 Å². The van der Waals surface area contributed by atoms with E-state index in [1.165, 1.54) is 11.3 Å². The first-order valence-corrected chi connectivity index (χ1v) is 10.3. The molecule has 0 aliphatic rings. The van der Waals surface area contributed by atoms with E-state index in [0.717, 1.165) is 40.7 Å². The van der Waals surface area contributed by atoms with E-state index in [1.54, 1.807) is 6.92 Å². The summed E-state index contributed by atoms with van der Waals surface area (Å²) in [5, 5.41) is 11.1. The molecule has 5 nitrogen and oxygen atoms in total. The predicted molar refractivity (Wildman–Crippen MR) is 109 cm³/mol. The number of fused-ring (bicyclic) bond motifs is 1. The van der Waals surface area contributed by atoms with E-state index in [0.29, 0.717) is 28.9 Å². The molecule has 0 saturated heterocycles. The van der Waals surface area contributed by atoms with Gasteiger partial charge in [0, 0.05) is 17.7 Å². The minimum Gasteiger partial charge on any atom is -0.462 e. The summed E-state index contributed by atoms with van der Waals surface area (Å²) in [4.78, 5) is 17.0. The van der Waals surface area contributed by atoms with Crippen LogP contribution in [-0.2, 0) is 24.3 Å². The van der Waals surface area contributed by atoms with E-state index < -0.39 is 0 Å². The number of aliphatic hydroxyl groups excluding tert-OH is 1. The molecule has 27 heavy (non-hydrogen) atoms. The number of carbonyl (C=O) groups excluding carboxylic acids is 1. The van der Waals surface area contributed by atoms with E-state index in [1.807, 2.05) is 22.8 Å². The van der Waals surface area contributed by atoms with Crippen molar-refractivity contribution in [3.8, 4) is 0 Å². The minimum absolute atomic E-state index is 0.147. The maximum Gasteiger partial charge on any atom is 0.348 e. The number of halogens is 1. The highest BCUT2D eigenvalue weighted by molar-refractivity contribution is 7.20. The lowest BCUT2D eigenvalue weighted by molar-refractivity contribution is 0.0532. The summed E-state index contributed by atoms with van der Waals surface area (Å²) >= 11 is 7.65. The van der Waals surface area contributed by atoms with Gasteiger partial charge >= 0.3 is 5.97 Å². The van der Waals surface area contributed by atoms with Gasteiger partial charge in [-0.25, -0.2) is 9.78 Å². The van der Waals surface area contributed by atoms with Crippen LogP contribution in [0.1, 0.15) is 53.4 Å². The minimum atomic E-state index is -0.286. The fourth-order valence-electron chi connectivity index (χ4n) is 3.04. The molecule has 0 amide bonds. The van der Waals surface area contributed by atoms with E-state index in [4.69, 9.17) is 16.3 Å². The van der Waals surface area contributed by atoms with E-state index >= 15 is 0 Å². The Labute approximate surface area is 167 Å². The van der Waals surface area contributed by atoms with Crippen molar-refractivity contribution in [1.82, 2.24) is 9.55 Å². The second-order valence-electron chi connectivity index (χ2n) is 6.32. The molecule has 2 aromatic heterocycles. The van der Waals surface area contributed by atoms with Crippen LogP contribution in [0.3, 0.4) is 0 Å². The van der Waals surface area contributed by atoms with Gasteiger partial charge in [-0.2, -0.15) is 0 Å². The quantitative estimate of drug-likeness (QED) is 0.545. The van der Waals surface area contributed by atoms with Crippen molar-refractivity contribution in [3.05, 3.63) is 51.4 Å². The number of hydrogen-bond donors (Lipinski definition) is 1. The smallest absolute Gasteiger partial charge is 0.348 e. The number of imidazole rings is 1. The Hall–Kier alpha value is -1.89. The molecule has 0 unspecified atom stereocenters. The number of aromatic nitrogens is 2. The van der Waals surface area contributed by atoms with E-state index in [2.05, 4.69) is 18.0 Å². The highest BCUT2D eigenvalue weighted by atomic mass is 35.5. The maximum atomic E-state index is 12.0. The number of ether oxygens (including phenoxy) is 1. The van der Waals surface area contributed by atoms with Crippen LogP contribution >= 0.6 is 22.9 Å². The van der Waals surface area contributed by atoms with Gasteiger partial charge < -0.3 is 14.4 Å². The molecule has 3 aromatic rings. The molecule has 144 valence electrons. The van der Waals surface area contributed by atoms with Gasteiger partial charge in [0.05, 0.1) is 18.9 Å². The number of esters is 1. The summed E-state index contributed by atoms with van der Waals surface area (Å²) in [6.07, 6.45) is 2.91. The highest BCUT2D eigenvalue weighted by Crippen LogP contribution is 2.28. The second kappa shape index (κ2) is 8.87. The Bertz CT molecular complexity index is 948. The van der Waals surface area contributed by atoms with Crippen molar-refractivity contribution in [2.75, 3.05) is 6.61 Å². The number of benzene rings is 1. The normalized spacial score (nSPS) is 11.3. The van der Waals surface area contributed by atoms with Gasteiger partial charge in [-0.1, -0.05) is 31.0 Å². The van der Waals surface area contributed by atoms with Gasteiger partial charge in [0.25, 0.3) is 0 Å². The Morgan fingerprint density at radius 3 is 2.85 bits per heavy atom. The zero-order valence-corrected chi connectivity index (χ0v) is 17.1. The van der Waals surface area contributed by atoms with Gasteiger partial charge in [0.1, 0.15) is 10.7 Å². The van der Waals surface area contributed by atoms with Crippen molar-refractivity contribution in [2.24, 2.45) is 0 Å². The average molecular weight is 407 g/mol. The Morgan fingerprint density at radius 1 is 1.33 bits per heavy atom. The third kappa shape index (κ3) is 4.34. The zero-order chi connectivity index (χ0) is 19.4. The summed E-state index contributed by atoms with van der Waals surface area (Å²) in [6, 6.07) is 7.98. The number of aryl methyl sites for hydroxylation is 1. The summed E-state index contributed by atoms with van der Waals surface area (Å²) in [5.41, 5.74) is 1.71. The fourth-order valence-corrected chi connectivity index (χ4v) is 4.24. The summed E-state index contributed by atoms with van der Waals surface area (Å²) in [6.45, 7) is 4.73. The van der Waals surface area contributed by atoms with E-state index in [9.17, 15) is 9.90 Å². The van der Waals surface area contributed by atoms with E-state index in [-0.39, 0.29) is 12.6 Å². The molecule has 0 atom stereocenters. The summed E-state index contributed by atoms with van der Waals surface area (Å²) in [7, 11) is 0. The molecule has 0 saturated carbocycles. The van der Waals surface area contributed by atoms with Crippen molar-refractivity contribution in [3.63, 3.8) is 0 Å². The number of thiophene rings is 1. The van der Waals surface area contributed by atoms with Gasteiger partial charge in [0.2, 0.25) is 0 Å². The van der Waals surface area contributed by atoms with Gasteiger partial charge in [-0.15, -0.1) is 11.3 Å². The molecule has 0 radical (unpaired) electrons. The van der Waals surface area contributed by atoms with Crippen LogP contribution in [0.15, 0.2) is 24.3 Å². The molecule has 2 heterocycles. The molecule has 3 rings (SSSR count). The largest absolute Gasteiger partial charge is 0.462 e. The third-order valence-electron chi connectivity index (χ3n) is 4.40. The SMILES string of the molecule is CCCCc1nc(Cl)c(CO)n1Cc1ccc2sc(C(=O)OCC)cc2c1. The zero-order valence-electron chi connectivity index (χ0n) is 15.5. The summed E-state index contributed by atoms with van der Waals surface area (Å²) < 4.78 is 8.12. The predicted octanol–water partition coefficient (Wildman–Crippen LogP) is 4.81. The molecule has 0 fully saturated rings. The van der Waals surface area contributed by atoms with Crippen LogP contribution < -0.4 is 0 Å². The number of unbranched alkanes of at least 4 members (excludes halogenated alkanes) is 1. The van der Waals surface area contributed by atoms with Crippen molar-refractivity contribution in [2.45, 2.75) is 46.3 Å². The number of nitrogens with zero attached hydrogens (tertiary/aromatic N) is 2. The first-order valence-electron chi connectivity index (χ1n) is 9.11. The second-order valence-corrected chi connectivity index (χ2v) is 7.76. The molecule has 1 aromatic carbocycles. The van der Waals surface area contributed by atoms with Gasteiger partial charge in [-0.05, 0) is 42.5 Å². The lowest BCUT2D eigenvalue weighted by Crippen LogP contribution is -2.09. The van der Waals surface area contributed by atoms with Crippen LogP contribution in [0.2, 0.25) is 5.15 Å². The monoisotopic (exact) mass is 406 g/mol. The van der Waals surface area contributed by atoms with Gasteiger partial charge in [-0.3, -0.25) is 0 Å². The topological polar surface area (TPSA) is 64.4 Å². The lowest BCUT2D eigenvalue weighted by Gasteiger charge is -2.11. The number of aliphatic hydroxyl groups is 1. The molecular weight excluding hydrogens is 384 g/mol. The highest BCUT2D eigenvalue weighted by Gasteiger charge is 2.16. The number of rotatable bonds is 8. The molecule has 0 spiro atoms.